The first-order valence-corrected chi connectivity index (χ1v) is 6.83. The van der Waals surface area contributed by atoms with Gasteiger partial charge in [-0.25, -0.2) is 4.39 Å². The normalized spacial score (nSPS) is 14.8. The Morgan fingerprint density at radius 1 is 1.17 bits per heavy atom. The molecule has 1 aromatic carbocycles. The largest absolute Gasteiger partial charge is 0.320 e. The number of nitrogens with zero attached hydrogens (tertiary/aromatic N) is 1. The van der Waals surface area contributed by atoms with Gasteiger partial charge in [0.2, 0.25) is 0 Å². The molecule has 0 bridgehead atoms. The summed E-state index contributed by atoms with van der Waals surface area (Å²) in [4.78, 5) is 2.25. The molecule has 2 N–H and O–H groups in total. The van der Waals surface area contributed by atoms with Crippen molar-refractivity contribution in [3.8, 4) is 0 Å². The molecular formula is C15H25FN2. The molecule has 0 saturated carbocycles. The standard InChI is InChI=1S/C15H25FN2/c1-4-11-15(17,12-18(5-2)6-3)13-9-7-8-10-14(13)16/h7-10H,4-6,11-12,17H2,1-3H3. The zero-order valence-corrected chi connectivity index (χ0v) is 11.7. The van der Waals surface area contributed by atoms with E-state index in [4.69, 9.17) is 5.73 Å². The van der Waals surface area contributed by atoms with Gasteiger partial charge in [0, 0.05) is 12.1 Å². The summed E-state index contributed by atoms with van der Waals surface area (Å²) in [6.07, 6.45) is 1.75. The van der Waals surface area contributed by atoms with Crippen LogP contribution in [0.4, 0.5) is 4.39 Å². The second kappa shape index (κ2) is 6.86. The lowest BCUT2D eigenvalue weighted by Gasteiger charge is -2.35. The fraction of sp³-hybridized carbons (Fsp3) is 0.600. The molecule has 3 heteroatoms. The van der Waals surface area contributed by atoms with Crippen LogP contribution in [0, 0.1) is 5.82 Å². The van der Waals surface area contributed by atoms with Gasteiger partial charge in [-0.1, -0.05) is 45.4 Å². The van der Waals surface area contributed by atoms with Gasteiger partial charge in [-0.2, -0.15) is 0 Å². The maximum Gasteiger partial charge on any atom is 0.128 e. The van der Waals surface area contributed by atoms with Crippen molar-refractivity contribution in [1.82, 2.24) is 4.90 Å². The number of rotatable bonds is 7. The minimum Gasteiger partial charge on any atom is -0.320 e. The minimum atomic E-state index is -0.591. The third kappa shape index (κ3) is 3.53. The van der Waals surface area contributed by atoms with Crippen LogP contribution in [-0.2, 0) is 5.54 Å². The lowest BCUT2D eigenvalue weighted by molar-refractivity contribution is 0.212. The van der Waals surface area contributed by atoms with Gasteiger partial charge in [0.25, 0.3) is 0 Å². The molecule has 0 heterocycles. The lowest BCUT2D eigenvalue weighted by atomic mass is 9.85. The summed E-state index contributed by atoms with van der Waals surface area (Å²) in [6.45, 7) is 8.88. The lowest BCUT2D eigenvalue weighted by Crippen LogP contribution is -2.48. The molecular weight excluding hydrogens is 227 g/mol. The van der Waals surface area contributed by atoms with Gasteiger partial charge < -0.3 is 10.6 Å². The van der Waals surface area contributed by atoms with Crippen LogP contribution in [0.3, 0.4) is 0 Å². The van der Waals surface area contributed by atoms with Crippen molar-refractivity contribution in [3.05, 3.63) is 35.6 Å². The van der Waals surface area contributed by atoms with Gasteiger partial charge in [-0.15, -0.1) is 0 Å². The van der Waals surface area contributed by atoms with E-state index in [1.54, 1.807) is 6.07 Å². The van der Waals surface area contributed by atoms with E-state index in [-0.39, 0.29) is 5.82 Å². The summed E-state index contributed by atoms with van der Waals surface area (Å²) < 4.78 is 14.0. The highest BCUT2D eigenvalue weighted by atomic mass is 19.1. The summed E-state index contributed by atoms with van der Waals surface area (Å²) in [6, 6.07) is 6.88. The number of hydrogen-bond donors (Lipinski definition) is 1. The molecule has 2 nitrogen and oxygen atoms in total. The maximum atomic E-state index is 14.0. The van der Waals surface area contributed by atoms with E-state index in [0.717, 1.165) is 25.9 Å². The summed E-state index contributed by atoms with van der Waals surface area (Å²) in [5.74, 6) is -0.194. The average molecular weight is 252 g/mol. The number of likely N-dealkylation sites (N-methyl/N-ethyl adjacent to an activating group) is 1. The average Bonchev–Trinajstić information content (AvgIpc) is 2.37. The van der Waals surface area contributed by atoms with Crippen molar-refractivity contribution in [2.45, 2.75) is 39.2 Å². The van der Waals surface area contributed by atoms with Crippen LogP contribution in [0.5, 0.6) is 0 Å². The van der Waals surface area contributed by atoms with Gasteiger partial charge >= 0.3 is 0 Å². The molecule has 0 fully saturated rings. The van der Waals surface area contributed by atoms with E-state index in [0.29, 0.717) is 12.1 Å². The van der Waals surface area contributed by atoms with Crippen molar-refractivity contribution in [2.24, 2.45) is 5.73 Å². The molecule has 1 rings (SSSR count). The zero-order valence-electron chi connectivity index (χ0n) is 11.7. The third-order valence-corrected chi connectivity index (χ3v) is 3.51. The minimum absolute atomic E-state index is 0.194. The first-order chi connectivity index (χ1) is 8.57. The molecule has 0 aliphatic carbocycles. The van der Waals surface area contributed by atoms with E-state index < -0.39 is 5.54 Å². The summed E-state index contributed by atoms with van der Waals surface area (Å²) in [7, 11) is 0. The fourth-order valence-corrected chi connectivity index (χ4v) is 2.46. The quantitative estimate of drug-likeness (QED) is 0.808. The van der Waals surface area contributed by atoms with E-state index in [9.17, 15) is 4.39 Å². The molecule has 0 spiro atoms. The zero-order chi connectivity index (χ0) is 13.6. The van der Waals surface area contributed by atoms with Crippen LogP contribution < -0.4 is 5.73 Å². The Morgan fingerprint density at radius 3 is 2.28 bits per heavy atom. The fourth-order valence-electron chi connectivity index (χ4n) is 2.46. The predicted octanol–water partition coefficient (Wildman–Crippen LogP) is 3.12. The van der Waals surface area contributed by atoms with Crippen LogP contribution in [0.2, 0.25) is 0 Å². The Hall–Kier alpha value is -0.930. The molecule has 0 aliphatic heterocycles. The molecule has 0 amide bonds. The Balaban J connectivity index is 3.03. The molecule has 0 radical (unpaired) electrons. The van der Waals surface area contributed by atoms with Crippen LogP contribution in [0.15, 0.2) is 24.3 Å². The van der Waals surface area contributed by atoms with Crippen molar-refractivity contribution in [2.75, 3.05) is 19.6 Å². The van der Waals surface area contributed by atoms with Crippen LogP contribution in [0.1, 0.15) is 39.2 Å². The molecule has 18 heavy (non-hydrogen) atoms. The monoisotopic (exact) mass is 252 g/mol. The molecule has 0 aliphatic rings. The first kappa shape index (κ1) is 15.1. The van der Waals surface area contributed by atoms with Crippen molar-refractivity contribution < 1.29 is 4.39 Å². The molecule has 102 valence electrons. The summed E-state index contributed by atoms with van der Waals surface area (Å²) in [5.41, 5.74) is 6.55. The highest BCUT2D eigenvalue weighted by Crippen LogP contribution is 2.27. The van der Waals surface area contributed by atoms with E-state index >= 15 is 0 Å². The molecule has 1 atom stereocenters. The van der Waals surface area contributed by atoms with Gasteiger partial charge in [0.05, 0.1) is 5.54 Å². The topological polar surface area (TPSA) is 29.3 Å². The molecule has 0 aromatic heterocycles. The smallest absolute Gasteiger partial charge is 0.128 e. The van der Waals surface area contributed by atoms with Crippen molar-refractivity contribution >= 4 is 0 Å². The van der Waals surface area contributed by atoms with Gasteiger partial charge in [-0.3, -0.25) is 0 Å². The van der Waals surface area contributed by atoms with Gasteiger partial charge in [0.15, 0.2) is 0 Å². The molecule has 1 aromatic rings. The Morgan fingerprint density at radius 2 is 1.78 bits per heavy atom. The van der Waals surface area contributed by atoms with E-state index in [1.807, 2.05) is 12.1 Å². The number of benzene rings is 1. The van der Waals surface area contributed by atoms with Crippen LogP contribution >= 0.6 is 0 Å². The molecule has 1 unspecified atom stereocenters. The highest BCUT2D eigenvalue weighted by Gasteiger charge is 2.30. The number of halogens is 1. The third-order valence-electron chi connectivity index (χ3n) is 3.51. The molecule has 0 saturated heterocycles. The summed E-state index contributed by atoms with van der Waals surface area (Å²) in [5, 5.41) is 0. The first-order valence-electron chi connectivity index (χ1n) is 6.83. The summed E-state index contributed by atoms with van der Waals surface area (Å²) >= 11 is 0. The number of hydrogen-bond acceptors (Lipinski definition) is 2. The second-order valence-electron chi connectivity index (χ2n) is 4.85. The maximum absolute atomic E-state index is 14.0. The van der Waals surface area contributed by atoms with Crippen LogP contribution in [-0.4, -0.2) is 24.5 Å². The van der Waals surface area contributed by atoms with Gasteiger partial charge in [-0.05, 0) is 25.6 Å². The Labute approximate surface area is 110 Å². The van der Waals surface area contributed by atoms with E-state index in [1.165, 1.54) is 6.07 Å². The van der Waals surface area contributed by atoms with Crippen molar-refractivity contribution in [1.29, 1.82) is 0 Å². The SMILES string of the molecule is CCCC(N)(CN(CC)CC)c1ccccc1F. The Bertz CT molecular complexity index is 363. The highest BCUT2D eigenvalue weighted by molar-refractivity contribution is 5.26. The van der Waals surface area contributed by atoms with Crippen molar-refractivity contribution in [3.63, 3.8) is 0 Å². The van der Waals surface area contributed by atoms with Crippen LogP contribution in [0.25, 0.3) is 0 Å². The number of nitrogens with two attached hydrogens (primary N) is 1. The predicted molar refractivity (Wildman–Crippen MR) is 75.0 cm³/mol. The Kier molecular flexibility index (Phi) is 5.76. The van der Waals surface area contributed by atoms with Gasteiger partial charge in [0.1, 0.15) is 5.82 Å². The second-order valence-corrected chi connectivity index (χ2v) is 4.85. The van der Waals surface area contributed by atoms with E-state index in [2.05, 4.69) is 25.7 Å².